The SMILES string of the molecule is O=C1Nc2cc(Sc3cccc(Cl)c3)c(Cl)cc2C1=O. The van der Waals surface area contributed by atoms with Crippen molar-refractivity contribution in [3.63, 3.8) is 0 Å². The summed E-state index contributed by atoms with van der Waals surface area (Å²) in [6.07, 6.45) is 0. The number of benzene rings is 2. The number of amides is 1. The molecule has 1 aliphatic heterocycles. The number of rotatable bonds is 2. The smallest absolute Gasteiger partial charge is 0.296 e. The average Bonchev–Trinajstić information content (AvgIpc) is 2.66. The van der Waals surface area contributed by atoms with Crippen LogP contribution in [0.15, 0.2) is 46.2 Å². The van der Waals surface area contributed by atoms with Crippen molar-refractivity contribution in [2.45, 2.75) is 9.79 Å². The zero-order chi connectivity index (χ0) is 14.3. The lowest BCUT2D eigenvalue weighted by molar-refractivity contribution is -0.112. The first-order valence-electron chi connectivity index (χ1n) is 5.67. The van der Waals surface area contributed by atoms with Gasteiger partial charge in [0.05, 0.1) is 16.3 Å². The Morgan fingerprint density at radius 2 is 1.85 bits per heavy atom. The van der Waals surface area contributed by atoms with Gasteiger partial charge in [0.2, 0.25) is 0 Å². The minimum absolute atomic E-state index is 0.315. The monoisotopic (exact) mass is 323 g/mol. The number of hydrogen-bond donors (Lipinski definition) is 1. The van der Waals surface area contributed by atoms with E-state index in [9.17, 15) is 9.59 Å². The number of halogens is 2. The molecule has 0 unspecified atom stereocenters. The number of Topliss-reactive ketones (excluding diaryl/α,β-unsaturated/α-hetero) is 1. The molecule has 100 valence electrons. The molecule has 1 heterocycles. The second-order valence-electron chi connectivity index (χ2n) is 4.17. The van der Waals surface area contributed by atoms with Crippen LogP contribution in [0.4, 0.5) is 5.69 Å². The van der Waals surface area contributed by atoms with E-state index in [0.717, 1.165) is 9.79 Å². The van der Waals surface area contributed by atoms with Crippen LogP contribution in [0.25, 0.3) is 0 Å². The summed E-state index contributed by atoms with van der Waals surface area (Å²) < 4.78 is 0. The molecule has 0 aliphatic carbocycles. The third-order valence-electron chi connectivity index (χ3n) is 2.79. The highest BCUT2D eigenvalue weighted by Crippen LogP contribution is 2.39. The second kappa shape index (κ2) is 5.13. The lowest BCUT2D eigenvalue weighted by Crippen LogP contribution is -2.12. The van der Waals surface area contributed by atoms with Gasteiger partial charge in [-0.15, -0.1) is 0 Å². The molecule has 0 fully saturated rings. The van der Waals surface area contributed by atoms with Gasteiger partial charge in [-0.2, -0.15) is 0 Å². The van der Waals surface area contributed by atoms with Crippen LogP contribution in [0.2, 0.25) is 10.0 Å². The van der Waals surface area contributed by atoms with Gasteiger partial charge in [0.1, 0.15) is 0 Å². The molecule has 3 rings (SSSR count). The zero-order valence-electron chi connectivity index (χ0n) is 9.94. The molecular formula is C14H7Cl2NO2S. The molecule has 1 amide bonds. The van der Waals surface area contributed by atoms with Crippen LogP contribution >= 0.6 is 35.0 Å². The molecular weight excluding hydrogens is 317 g/mol. The summed E-state index contributed by atoms with van der Waals surface area (Å²) in [7, 11) is 0. The van der Waals surface area contributed by atoms with Crippen molar-refractivity contribution in [3.05, 3.63) is 52.0 Å². The van der Waals surface area contributed by atoms with Crippen LogP contribution in [0, 0.1) is 0 Å². The van der Waals surface area contributed by atoms with Crippen LogP contribution < -0.4 is 5.32 Å². The molecule has 0 radical (unpaired) electrons. The summed E-state index contributed by atoms with van der Waals surface area (Å²) in [5.74, 6) is -1.18. The Hall–Kier alpha value is -1.49. The molecule has 0 bridgehead atoms. The predicted octanol–water partition coefficient (Wildman–Crippen LogP) is 4.28. The predicted molar refractivity (Wildman–Crippen MR) is 80.0 cm³/mol. The second-order valence-corrected chi connectivity index (χ2v) is 6.13. The van der Waals surface area contributed by atoms with E-state index in [1.54, 1.807) is 12.1 Å². The van der Waals surface area contributed by atoms with Gasteiger partial charge in [0, 0.05) is 14.8 Å². The molecule has 20 heavy (non-hydrogen) atoms. The van der Waals surface area contributed by atoms with Gasteiger partial charge in [-0.25, -0.2) is 0 Å². The summed E-state index contributed by atoms with van der Waals surface area (Å²) >= 11 is 13.5. The Kier molecular flexibility index (Phi) is 3.46. The number of fused-ring (bicyclic) bond motifs is 1. The number of carbonyl (C=O) groups excluding carboxylic acids is 2. The van der Waals surface area contributed by atoms with Crippen LogP contribution in [0.1, 0.15) is 10.4 Å². The number of anilines is 1. The zero-order valence-corrected chi connectivity index (χ0v) is 12.3. The van der Waals surface area contributed by atoms with E-state index in [1.807, 2.05) is 18.2 Å². The van der Waals surface area contributed by atoms with Gasteiger partial charge in [-0.3, -0.25) is 9.59 Å². The molecule has 0 saturated heterocycles. The highest BCUT2D eigenvalue weighted by molar-refractivity contribution is 7.99. The van der Waals surface area contributed by atoms with E-state index in [1.165, 1.54) is 17.8 Å². The number of ketones is 1. The molecule has 3 nitrogen and oxygen atoms in total. The van der Waals surface area contributed by atoms with Crippen LogP contribution in [-0.2, 0) is 4.79 Å². The Labute approximate surface area is 129 Å². The van der Waals surface area contributed by atoms with Crippen LogP contribution in [-0.4, -0.2) is 11.7 Å². The topological polar surface area (TPSA) is 46.2 Å². The molecule has 0 aromatic heterocycles. The fraction of sp³-hybridized carbons (Fsp3) is 0. The molecule has 1 aliphatic rings. The molecule has 6 heteroatoms. The van der Waals surface area contributed by atoms with E-state index < -0.39 is 11.7 Å². The normalized spacial score (nSPS) is 13.3. The fourth-order valence-corrected chi connectivity index (χ4v) is 3.34. The lowest BCUT2D eigenvalue weighted by Gasteiger charge is -2.07. The average molecular weight is 324 g/mol. The molecule has 0 atom stereocenters. The Balaban J connectivity index is 1.98. The van der Waals surface area contributed by atoms with Crippen molar-refractivity contribution in [3.8, 4) is 0 Å². The highest BCUT2D eigenvalue weighted by atomic mass is 35.5. The first-order chi connectivity index (χ1) is 9.54. The molecule has 0 saturated carbocycles. The molecule has 2 aromatic rings. The van der Waals surface area contributed by atoms with E-state index in [-0.39, 0.29) is 0 Å². The van der Waals surface area contributed by atoms with Gasteiger partial charge in [0.25, 0.3) is 11.7 Å². The van der Waals surface area contributed by atoms with Crippen molar-refractivity contribution in [1.82, 2.24) is 0 Å². The third kappa shape index (κ3) is 2.42. The maximum absolute atomic E-state index is 11.6. The van der Waals surface area contributed by atoms with Gasteiger partial charge in [-0.05, 0) is 30.3 Å². The van der Waals surface area contributed by atoms with Gasteiger partial charge in [0.15, 0.2) is 0 Å². The van der Waals surface area contributed by atoms with Crippen molar-refractivity contribution in [2.75, 3.05) is 5.32 Å². The first kappa shape index (κ1) is 13.5. The minimum atomic E-state index is -0.624. The Bertz CT molecular complexity index is 746. The van der Waals surface area contributed by atoms with Crippen molar-refractivity contribution in [1.29, 1.82) is 0 Å². The quantitative estimate of drug-likeness (QED) is 0.839. The van der Waals surface area contributed by atoms with Crippen molar-refractivity contribution < 1.29 is 9.59 Å². The lowest BCUT2D eigenvalue weighted by atomic mass is 10.1. The summed E-state index contributed by atoms with van der Waals surface area (Å²) in [5, 5.41) is 3.59. The summed E-state index contributed by atoms with van der Waals surface area (Å²) in [6, 6.07) is 10.6. The molecule has 0 spiro atoms. The Morgan fingerprint density at radius 1 is 1.05 bits per heavy atom. The summed E-state index contributed by atoms with van der Waals surface area (Å²) in [4.78, 5) is 24.6. The standard InChI is InChI=1S/C14H7Cl2NO2S/c15-7-2-1-3-8(4-7)20-12-6-11-9(5-10(12)16)13(18)14(19)17-11/h1-6H,(H,17,18,19). The maximum atomic E-state index is 11.6. The highest BCUT2D eigenvalue weighted by Gasteiger charge is 2.29. The first-order valence-corrected chi connectivity index (χ1v) is 7.24. The van der Waals surface area contributed by atoms with Crippen molar-refractivity contribution >= 4 is 52.3 Å². The summed E-state index contributed by atoms with van der Waals surface area (Å²) in [6.45, 7) is 0. The van der Waals surface area contributed by atoms with E-state index in [4.69, 9.17) is 23.2 Å². The van der Waals surface area contributed by atoms with Gasteiger partial charge >= 0.3 is 0 Å². The number of nitrogens with one attached hydrogen (secondary N) is 1. The number of hydrogen-bond acceptors (Lipinski definition) is 3. The fourth-order valence-electron chi connectivity index (χ4n) is 1.88. The van der Waals surface area contributed by atoms with E-state index in [0.29, 0.717) is 21.3 Å². The minimum Gasteiger partial charge on any atom is -0.318 e. The number of carbonyl (C=O) groups is 2. The van der Waals surface area contributed by atoms with Crippen LogP contribution in [0.3, 0.4) is 0 Å². The third-order valence-corrected chi connectivity index (χ3v) is 4.50. The molecule has 2 aromatic carbocycles. The van der Waals surface area contributed by atoms with Crippen LogP contribution in [0.5, 0.6) is 0 Å². The van der Waals surface area contributed by atoms with E-state index in [2.05, 4.69) is 5.32 Å². The summed E-state index contributed by atoms with van der Waals surface area (Å²) in [5.41, 5.74) is 0.810. The van der Waals surface area contributed by atoms with Gasteiger partial charge < -0.3 is 5.32 Å². The van der Waals surface area contributed by atoms with Crippen molar-refractivity contribution in [2.24, 2.45) is 0 Å². The van der Waals surface area contributed by atoms with Gasteiger partial charge in [-0.1, -0.05) is 41.0 Å². The molecule has 1 N–H and O–H groups in total. The maximum Gasteiger partial charge on any atom is 0.296 e. The largest absolute Gasteiger partial charge is 0.318 e. The van der Waals surface area contributed by atoms with E-state index >= 15 is 0 Å². The Morgan fingerprint density at radius 3 is 2.60 bits per heavy atom.